The lowest BCUT2D eigenvalue weighted by atomic mass is 10.1. The first-order valence-electron chi connectivity index (χ1n) is 5.77. The number of ether oxygens (including phenoxy) is 1. The van der Waals surface area contributed by atoms with Crippen LogP contribution in [0.2, 0.25) is 0 Å². The van der Waals surface area contributed by atoms with Crippen LogP contribution in [0.3, 0.4) is 0 Å². The zero-order valence-electron chi connectivity index (χ0n) is 9.38. The van der Waals surface area contributed by atoms with E-state index in [0.717, 1.165) is 6.42 Å². The van der Waals surface area contributed by atoms with Crippen LogP contribution in [-0.2, 0) is 0 Å². The van der Waals surface area contributed by atoms with Crippen LogP contribution in [0.25, 0.3) is 0 Å². The Morgan fingerprint density at radius 3 is 2.81 bits per heavy atom. The third-order valence-corrected chi connectivity index (χ3v) is 3.39. The van der Waals surface area contributed by atoms with Gasteiger partial charge >= 0.3 is 0 Å². The Kier molecular flexibility index (Phi) is 3.70. The van der Waals surface area contributed by atoms with Gasteiger partial charge in [-0.3, -0.25) is 0 Å². The molecule has 2 rings (SSSR count). The molecular formula is C13H16ClFO. The first-order valence-corrected chi connectivity index (χ1v) is 6.20. The Balaban J connectivity index is 2.02. The van der Waals surface area contributed by atoms with Crippen molar-refractivity contribution in [2.24, 2.45) is 5.92 Å². The molecule has 1 atom stereocenters. The Hall–Kier alpha value is -0.760. The lowest BCUT2D eigenvalue weighted by Crippen LogP contribution is -2.00. The molecule has 0 amide bonds. The number of rotatable bonds is 5. The highest BCUT2D eigenvalue weighted by Gasteiger charge is 2.22. The fourth-order valence-corrected chi connectivity index (χ4v) is 1.75. The van der Waals surface area contributed by atoms with Crippen molar-refractivity contribution < 1.29 is 9.13 Å². The summed E-state index contributed by atoms with van der Waals surface area (Å²) in [6, 6.07) is 4.95. The fourth-order valence-electron chi connectivity index (χ4n) is 1.57. The average Bonchev–Trinajstić information content (AvgIpc) is 3.09. The van der Waals surface area contributed by atoms with Crippen molar-refractivity contribution in [3.05, 3.63) is 29.6 Å². The number of hydrogen-bond donors (Lipinski definition) is 0. The maximum Gasteiger partial charge on any atom is 0.131 e. The van der Waals surface area contributed by atoms with Gasteiger partial charge in [-0.1, -0.05) is 13.0 Å². The molecule has 1 unspecified atom stereocenters. The summed E-state index contributed by atoms with van der Waals surface area (Å²) in [4.78, 5) is 0. The van der Waals surface area contributed by atoms with E-state index in [1.54, 1.807) is 12.1 Å². The van der Waals surface area contributed by atoms with Gasteiger partial charge in [0.25, 0.3) is 0 Å². The molecule has 1 fully saturated rings. The summed E-state index contributed by atoms with van der Waals surface area (Å²) in [5.74, 6) is 1.02. The van der Waals surface area contributed by atoms with Crippen LogP contribution in [0, 0.1) is 11.7 Å². The molecule has 1 aliphatic carbocycles. The van der Waals surface area contributed by atoms with Gasteiger partial charge < -0.3 is 4.74 Å². The summed E-state index contributed by atoms with van der Waals surface area (Å²) < 4.78 is 19.2. The lowest BCUT2D eigenvalue weighted by molar-refractivity contribution is 0.298. The highest BCUT2D eigenvalue weighted by molar-refractivity contribution is 6.20. The standard InChI is InChI=1S/C13H16ClFO/c1-2-12(14)11-6-5-10(7-13(11)15)16-8-9-3-4-9/h5-7,9,12H,2-4,8H2,1H3. The van der Waals surface area contributed by atoms with Crippen molar-refractivity contribution in [2.45, 2.75) is 31.6 Å². The minimum atomic E-state index is -0.268. The SMILES string of the molecule is CCC(Cl)c1ccc(OCC2CC2)cc1F. The van der Waals surface area contributed by atoms with Crippen LogP contribution < -0.4 is 4.74 Å². The van der Waals surface area contributed by atoms with Crippen LogP contribution in [-0.4, -0.2) is 6.61 Å². The van der Waals surface area contributed by atoms with Gasteiger partial charge in [0.15, 0.2) is 0 Å². The van der Waals surface area contributed by atoms with Crippen molar-refractivity contribution in [3.63, 3.8) is 0 Å². The summed E-state index contributed by atoms with van der Waals surface area (Å²) in [6.45, 7) is 2.64. The first-order chi connectivity index (χ1) is 7.70. The zero-order valence-corrected chi connectivity index (χ0v) is 10.1. The molecule has 1 saturated carbocycles. The molecule has 0 N–H and O–H groups in total. The van der Waals surface area contributed by atoms with Crippen LogP contribution >= 0.6 is 11.6 Å². The number of alkyl halides is 1. The van der Waals surface area contributed by atoms with Crippen molar-refractivity contribution in [2.75, 3.05) is 6.61 Å². The van der Waals surface area contributed by atoms with E-state index < -0.39 is 0 Å². The summed E-state index contributed by atoms with van der Waals surface area (Å²) in [5, 5.41) is -0.252. The molecule has 0 bridgehead atoms. The van der Waals surface area contributed by atoms with Gasteiger partial charge in [-0.05, 0) is 31.2 Å². The molecule has 0 heterocycles. The van der Waals surface area contributed by atoms with E-state index in [-0.39, 0.29) is 11.2 Å². The van der Waals surface area contributed by atoms with E-state index >= 15 is 0 Å². The summed E-state index contributed by atoms with van der Waals surface area (Å²) in [6.07, 6.45) is 3.20. The maximum atomic E-state index is 13.7. The van der Waals surface area contributed by atoms with Gasteiger partial charge in [-0.2, -0.15) is 0 Å². The molecule has 88 valence electrons. The van der Waals surface area contributed by atoms with Crippen molar-refractivity contribution in [1.29, 1.82) is 0 Å². The molecular weight excluding hydrogens is 227 g/mol. The normalized spacial score (nSPS) is 17.2. The summed E-state index contributed by atoms with van der Waals surface area (Å²) in [7, 11) is 0. The monoisotopic (exact) mass is 242 g/mol. The van der Waals surface area contributed by atoms with E-state index in [2.05, 4.69) is 0 Å². The van der Waals surface area contributed by atoms with Gasteiger partial charge in [0, 0.05) is 11.6 Å². The predicted molar refractivity (Wildman–Crippen MR) is 63.5 cm³/mol. The Morgan fingerprint density at radius 2 is 2.25 bits per heavy atom. The molecule has 1 aromatic carbocycles. The van der Waals surface area contributed by atoms with E-state index in [1.807, 2.05) is 6.92 Å². The highest BCUT2D eigenvalue weighted by Crippen LogP contribution is 2.31. The minimum Gasteiger partial charge on any atom is -0.493 e. The third-order valence-electron chi connectivity index (χ3n) is 2.85. The van der Waals surface area contributed by atoms with Crippen LogP contribution in [0.5, 0.6) is 5.75 Å². The molecule has 0 aromatic heterocycles. The predicted octanol–water partition coefficient (Wildman–Crippen LogP) is 4.30. The fraction of sp³-hybridized carbons (Fsp3) is 0.538. The number of hydrogen-bond acceptors (Lipinski definition) is 1. The molecule has 0 saturated heterocycles. The minimum absolute atomic E-state index is 0.252. The highest BCUT2D eigenvalue weighted by atomic mass is 35.5. The summed E-state index contributed by atoms with van der Waals surface area (Å²) >= 11 is 6.00. The Labute approximate surface area is 101 Å². The van der Waals surface area contributed by atoms with E-state index in [0.29, 0.717) is 23.8 Å². The second-order valence-corrected chi connectivity index (χ2v) is 4.84. The molecule has 1 nitrogen and oxygen atoms in total. The average molecular weight is 243 g/mol. The van der Waals surface area contributed by atoms with E-state index in [9.17, 15) is 4.39 Å². The van der Waals surface area contributed by atoms with Crippen LogP contribution in [0.4, 0.5) is 4.39 Å². The summed E-state index contributed by atoms with van der Waals surface area (Å²) in [5.41, 5.74) is 0.558. The molecule has 16 heavy (non-hydrogen) atoms. The maximum absolute atomic E-state index is 13.7. The smallest absolute Gasteiger partial charge is 0.131 e. The van der Waals surface area contributed by atoms with Gasteiger partial charge in [0.2, 0.25) is 0 Å². The second-order valence-electron chi connectivity index (χ2n) is 4.31. The number of halogens is 2. The van der Waals surface area contributed by atoms with E-state index in [1.165, 1.54) is 18.9 Å². The molecule has 3 heteroatoms. The van der Waals surface area contributed by atoms with Crippen LogP contribution in [0.1, 0.15) is 37.1 Å². The van der Waals surface area contributed by atoms with Crippen LogP contribution in [0.15, 0.2) is 18.2 Å². The Morgan fingerprint density at radius 1 is 1.50 bits per heavy atom. The van der Waals surface area contributed by atoms with Gasteiger partial charge in [0.05, 0.1) is 12.0 Å². The lowest BCUT2D eigenvalue weighted by Gasteiger charge is -2.10. The molecule has 1 aliphatic rings. The third kappa shape index (κ3) is 2.88. The van der Waals surface area contributed by atoms with Crippen molar-refractivity contribution >= 4 is 11.6 Å². The quantitative estimate of drug-likeness (QED) is 0.700. The van der Waals surface area contributed by atoms with Crippen molar-refractivity contribution in [1.82, 2.24) is 0 Å². The zero-order chi connectivity index (χ0) is 11.5. The first kappa shape index (κ1) is 11.7. The molecule has 0 aliphatic heterocycles. The van der Waals surface area contributed by atoms with Crippen molar-refractivity contribution in [3.8, 4) is 5.75 Å². The molecule has 1 aromatic rings. The topological polar surface area (TPSA) is 9.23 Å². The molecule has 0 radical (unpaired) electrons. The van der Waals surface area contributed by atoms with Gasteiger partial charge in [-0.15, -0.1) is 11.6 Å². The van der Waals surface area contributed by atoms with E-state index in [4.69, 9.17) is 16.3 Å². The largest absolute Gasteiger partial charge is 0.493 e. The van der Waals surface area contributed by atoms with Gasteiger partial charge in [-0.25, -0.2) is 4.39 Å². The second kappa shape index (κ2) is 5.05. The van der Waals surface area contributed by atoms with Gasteiger partial charge in [0.1, 0.15) is 11.6 Å². The number of benzene rings is 1. The molecule has 0 spiro atoms. The Bertz CT molecular complexity index is 363.